The number of hydrogen-bond acceptors (Lipinski definition) is 4. The molecular formula is C24H16F4N2O3. The van der Waals surface area contributed by atoms with Gasteiger partial charge in [-0.05, 0) is 54.1 Å². The number of carbonyl (C=O) groups is 2. The van der Waals surface area contributed by atoms with Gasteiger partial charge in [-0.3, -0.25) is 14.4 Å². The summed E-state index contributed by atoms with van der Waals surface area (Å²) < 4.78 is 52.3. The molecule has 0 aromatic heterocycles. The SMILES string of the molecule is O=C1[C@@H]2[C@H](ON(c3ccccc3)[C@H]2c2ccc(F)cc2)C(=O)N1c1ccc(C(F)(F)F)cc1. The molecule has 3 aromatic carbocycles. The van der Waals surface area contributed by atoms with Crippen molar-refractivity contribution >= 4 is 23.2 Å². The second-order valence-electron chi connectivity index (χ2n) is 7.77. The van der Waals surface area contributed by atoms with E-state index in [0.717, 1.165) is 29.2 Å². The topological polar surface area (TPSA) is 49.9 Å². The summed E-state index contributed by atoms with van der Waals surface area (Å²) in [7, 11) is 0. The molecule has 3 aromatic rings. The van der Waals surface area contributed by atoms with Crippen molar-refractivity contribution in [2.45, 2.75) is 18.3 Å². The van der Waals surface area contributed by atoms with Gasteiger partial charge in [-0.1, -0.05) is 30.3 Å². The molecule has 0 saturated carbocycles. The first kappa shape index (κ1) is 21.1. The monoisotopic (exact) mass is 456 g/mol. The molecule has 3 atom stereocenters. The van der Waals surface area contributed by atoms with Crippen molar-refractivity contribution in [3.63, 3.8) is 0 Å². The third-order valence-electron chi connectivity index (χ3n) is 5.79. The predicted molar refractivity (Wildman–Crippen MR) is 110 cm³/mol. The van der Waals surface area contributed by atoms with Crippen LogP contribution in [0.2, 0.25) is 0 Å². The number of amides is 2. The van der Waals surface area contributed by atoms with Crippen LogP contribution in [0.4, 0.5) is 28.9 Å². The van der Waals surface area contributed by atoms with E-state index in [9.17, 15) is 27.2 Å². The molecule has 168 valence electrons. The van der Waals surface area contributed by atoms with Crippen LogP contribution in [0.1, 0.15) is 17.2 Å². The van der Waals surface area contributed by atoms with Gasteiger partial charge < -0.3 is 0 Å². The number of para-hydroxylation sites is 1. The van der Waals surface area contributed by atoms with Gasteiger partial charge in [0.1, 0.15) is 11.7 Å². The van der Waals surface area contributed by atoms with Crippen LogP contribution in [0.3, 0.4) is 0 Å². The van der Waals surface area contributed by atoms with Crippen molar-refractivity contribution in [2.75, 3.05) is 9.96 Å². The highest BCUT2D eigenvalue weighted by molar-refractivity contribution is 6.23. The molecule has 2 saturated heterocycles. The lowest BCUT2D eigenvalue weighted by Gasteiger charge is -2.28. The van der Waals surface area contributed by atoms with Crippen LogP contribution < -0.4 is 9.96 Å². The third kappa shape index (κ3) is 3.54. The summed E-state index contributed by atoms with van der Waals surface area (Å²) >= 11 is 0. The standard InChI is InChI=1S/C24H16F4N2O3/c25-16-10-6-14(7-11-16)20-19-21(33-30(20)18-4-2-1-3-5-18)23(32)29(22(19)31)17-12-8-15(9-13-17)24(26,27)28/h1-13,19-21H/t19-,20-,21-/m0/s1. The average Bonchev–Trinajstić information content (AvgIpc) is 3.31. The van der Waals surface area contributed by atoms with Gasteiger partial charge in [0.15, 0.2) is 6.10 Å². The van der Waals surface area contributed by atoms with E-state index in [0.29, 0.717) is 11.3 Å². The van der Waals surface area contributed by atoms with E-state index >= 15 is 0 Å². The number of fused-ring (bicyclic) bond motifs is 1. The fourth-order valence-corrected chi connectivity index (χ4v) is 4.27. The molecule has 33 heavy (non-hydrogen) atoms. The molecule has 2 fully saturated rings. The Kier molecular flexibility index (Phi) is 4.93. The Hall–Kier alpha value is -3.72. The van der Waals surface area contributed by atoms with Crippen LogP contribution in [-0.4, -0.2) is 17.9 Å². The van der Waals surface area contributed by atoms with Crippen molar-refractivity contribution in [3.05, 3.63) is 95.8 Å². The van der Waals surface area contributed by atoms with Gasteiger partial charge in [-0.2, -0.15) is 13.2 Å². The molecule has 9 heteroatoms. The summed E-state index contributed by atoms with van der Waals surface area (Å²) in [6.45, 7) is 0. The summed E-state index contributed by atoms with van der Waals surface area (Å²) in [4.78, 5) is 33.4. The summed E-state index contributed by atoms with van der Waals surface area (Å²) in [6, 6.07) is 17.4. The molecule has 0 radical (unpaired) electrons. The van der Waals surface area contributed by atoms with E-state index in [2.05, 4.69) is 0 Å². The highest BCUT2D eigenvalue weighted by Crippen LogP contribution is 2.47. The second kappa shape index (κ2) is 7.70. The normalized spacial score (nSPS) is 22.7. The Morgan fingerprint density at radius 3 is 2.00 bits per heavy atom. The lowest BCUT2D eigenvalue weighted by Crippen LogP contribution is -2.37. The van der Waals surface area contributed by atoms with Gasteiger partial charge in [0, 0.05) is 0 Å². The molecule has 5 rings (SSSR count). The smallest absolute Gasteiger partial charge is 0.273 e. The van der Waals surface area contributed by atoms with Crippen molar-refractivity contribution in [2.24, 2.45) is 5.92 Å². The summed E-state index contributed by atoms with van der Waals surface area (Å²) in [6.07, 6.45) is -5.71. The number of halogens is 4. The molecule has 2 heterocycles. The number of nitrogens with zero attached hydrogens (tertiary/aromatic N) is 2. The van der Waals surface area contributed by atoms with Gasteiger partial charge in [-0.25, -0.2) is 14.4 Å². The van der Waals surface area contributed by atoms with Gasteiger partial charge in [0.05, 0.1) is 23.0 Å². The van der Waals surface area contributed by atoms with E-state index in [1.165, 1.54) is 29.3 Å². The zero-order chi connectivity index (χ0) is 23.3. The molecule has 0 bridgehead atoms. The van der Waals surface area contributed by atoms with E-state index < -0.39 is 47.4 Å². The van der Waals surface area contributed by atoms with Gasteiger partial charge in [0.2, 0.25) is 5.91 Å². The number of rotatable bonds is 3. The molecule has 2 amide bonds. The lowest BCUT2D eigenvalue weighted by molar-refractivity contribution is -0.137. The Morgan fingerprint density at radius 2 is 1.39 bits per heavy atom. The van der Waals surface area contributed by atoms with Crippen LogP contribution in [0.25, 0.3) is 0 Å². The number of benzene rings is 3. The number of anilines is 2. The number of carbonyl (C=O) groups excluding carboxylic acids is 2. The Labute approximate surface area is 185 Å². The zero-order valence-corrected chi connectivity index (χ0v) is 16.9. The van der Waals surface area contributed by atoms with E-state index in [1.54, 1.807) is 30.3 Å². The van der Waals surface area contributed by atoms with Crippen molar-refractivity contribution < 1.29 is 32.0 Å². The molecule has 2 aliphatic heterocycles. The van der Waals surface area contributed by atoms with E-state index in [1.807, 2.05) is 0 Å². The Balaban J connectivity index is 1.53. The molecule has 0 N–H and O–H groups in total. The maximum atomic E-state index is 13.5. The molecule has 5 nitrogen and oxygen atoms in total. The van der Waals surface area contributed by atoms with Gasteiger partial charge in [-0.15, -0.1) is 0 Å². The lowest BCUT2D eigenvalue weighted by atomic mass is 9.90. The van der Waals surface area contributed by atoms with Crippen molar-refractivity contribution in [1.29, 1.82) is 0 Å². The first-order valence-electron chi connectivity index (χ1n) is 10.1. The summed E-state index contributed by atoms with van der Waals surface area (Å²) in [5.74, 6) is -2.70. The van der Waals surface area contributed by atoms with E-state index in [-0.39, 0.29) is 5.69 Å². The van der Waals surface area contributed by atoms with Crippen molar-refractivity contribution in [3.8, 4) is 0 Å². The predicted octanol–water partition coefficient (Wildman–Crippen LogP) is 4.90. The maximum absolute atomic E-state index is 13.5. The molecule has 0 spiro atoms. The Morgan fingerprint density at radius 1 is 0.758 bits per heavy atom. The van der Waals surface area contributed by atoms with Crippen LogP contribution in [0, 0.1) is 11.7 Å². The number of hydrogen-bond donors (Lipinski definition) is 0. The first-order valence-corrected chi connectivity index (χ1v) is 10.1. The highest BCUT2D eigenvalue weighted by atomic mass is 19.4. The minimum absolute atomic E-state index is 0.0279. The largest absolute Gasteiger partial charge is 0.416 e. The second-order valence-corrected chi connectivity index (χ2v) is 7.77. The molecular weight excluding hydrogens is 440 g/mol. The van der Waals surface area contributed by atoms with Crippen LogP contribution >= 0.6 is 0 Å². The van der Waals surface area contributed by atoms with Gasteiger partial charge >= 0.3 is 6.18 Å². The third-order valence-corrected chi connectivity index (χ3v) is 5.79. The minimum Gasteiger partial charge on any atom is -0.273 e. The number of alkyl halides is 3. The highest BCUT2D eigenvalue weighted by Gasteiger charge is 2.60. The molecule has 0 aliphatic carbocycles. The summed E-state index contributed by atoms with van der Waals surface area (Å²) in [5, 5.41) is 1.46. The molecule has 0 unspecified atom stereocenters. The average molecular weight is 456 g/mol. The van der Waals surface area contributed by atoms with Crippen LogP contribution in [0.5, 0.6) is 0 Å². The van der Waals surface area contributed by atoms with Crippen LogP contribution in [-0.2, 0) is 20.6 Å². The van der Waals surface area contributed by atoms with Crippen LogP contribution in [0.15, 0.2) is 78.9 Å². The maximum Gasteiger partial charge on any atom is 0.416 e. The number of hydroxylamine groups is 1. The summed E-state index contributed by atoms with van der Waals surface area (Å²) in [5.41, 5.74) is 0.299. The van der Waals surface area contributed by atoms with Crippen molar-refractivity contribution in [1.82, 2.24) is 0 Å². The molecule has 2 aliphatic rings. The quantitative estimate of drug-likeness (QED) is 0.416. The van der Waals surface area contributed by atoms with Gasteiger partial charge in [0.25, 0.3) is 5.91 Å². The Bertz CT molecular complexity index is 1200. The number of imide groups is 1. The zero-order valence-electron chi connectivity index (χ0n) is 16.9. The fraction of sp³-hybridized carbons (Fsp3) is 0.167. The fourth-order valence-electron chi connectivity index (χ4n) is 4.27. The first-order chi connectivity index (χ1) is 15.8. The van der Waals surface area contributed by atoms with E-state index in [4.69, 9.17) is 4.84 Å². The minimum atomic E-state index is -4.54.